The molecule has 0 radical (unpaired) electrons. The summed E-state index contributed by atoms with van der Waals surface area (Å²) in [6.07, 6.45) is 0. The van der Waals surface area contributed by atoms with Crippen molar-refractivity contribution in [1.29, 1.82) is 0 Å². The van der Waals surface area contributed by atoms with Crippen LogP contribution in [0, 0.1) is 6.92 Å². The molecule has 2 aromatic carbocycles. The molecule has 0 bridgehead atoms. The van der Waals surface area contributed by atoms with Gasteiger partial charge in [-0.1, -0.05) is 35.0 Å². The number of furan rings is 1. The summed E-state index contributed by atoms with van der Waals surface area (Å²) in [6, 6.07) is 18.5. The van der Waals surface area contributed by atoms with Gasteiger partial charge >= 0.3 is 5.97 Å². The molecule has 0 fully saturated rings. The summed E-state index contributed by atoms with van der Waals surface area (Å²) in [6.45, 7) is 4.49. The maximum absolute atomic E-state index is 10.8. The second-order valence-electron chi connectivity index (χ2n) is 6.32. The molecule has 28 heavy (non-hydrogen) atoms. The van der Waals surface area contributed by atoms with Gasteiger partial charge in [-0.05, 0) is 61.4 Å². The number of hydrogen-bond acceptors (Lipinski definition) is 5. The third kappa shape index (κ3) is 5.23. The molecule has 0 aliphatic rings. The standard InChI is InChI=1S/C22H21NO5/c1-15-3-5-17(6-4-15)13-27-23-16(2)18-7-9-19(10-8-18)26-14-20-11-12-21(28-20)22(24)25/h3-12H,13-14H2,1-2H3,(H,24,25)/b23-16+. The Balaban J connectivity index is 1.52. The molecule has 1 aromatic heterocycles. The highest BCUT2D eigenvalue weighted by atomic mass is 16.6. The third-order valence-electron chi connectivity index (χ3n) is 4.08. The van der Waals surface area contributed by atoms with Crippen molar-refractivity contribution in [2.24, 2.45) is 5.16 Å². The van der Waals surface area contributed by atoms with Gasteiger partial charge in [-0.2, -0.15) is 0 Å². The number of aryl methyl sites for hydroxylation is 1. The molecule has 0 aliphatic heterocycles. The number of nitrogens with zero attached hydrogens (tertiary/aromatic N) is 1. The molecule has 0 atom stereocenters. The van der Waals surface area contributed by atoms with E-state index in [2.05, 4.69) is 5.16 Å². The van der Waals surface area contributed by atoms with Crippen LogP contribution in [0.25, 0.3) is 0 Å². The van der Waals surface area contributed by atoms with E-state index in [0.717, 1.165) is 16.8 Å². The fourth-order valence-corrected chi connectivity index (χ4v) is 2.46. The van der Waals surface area contributed by atoms with E-state index in [-0.39, 0.29) is 12.4 Å². The molecule has 0 aliphatic carbocycles. The summed E-state index contributed by atoms with van der Waals surface area (Å²) >= 11 is 0. The normalized spacial score (nSPS) is 11.3. The van der Waals surface area contributed by atoms with Gasteiger partial charge in [0, 0.05) is 0 Å². The molecule has 6 heteroatoms. The van der Waals surface area contributed by atoms with Crippen LogP contribution in [0.3, 0.4) is 0 Å². The van der Waals surface area contributed by atoms with E-state index in [1.54, 1.807) is 6.07 Å². The van der Waals surface area contributed by atoms with Crippen LogP contribution in [0.5, 0.6) is 5.75 Å². The quantitative estimate of drug-likeness (QED) is 0.449. The maximum atomic E-state index is 10.8. The molecule has 0 saturated heterocycles. The van der Waals surface area contributed by atoms with Crippen molar-refractivity contribution >= 4 is 11.7 Å². The zero-order valence-electron chi connectivity index (χ0n) is 15.7. The summed E-state index contributed by atoms with van der Waals surface area (Å²) in [5, 5.41) is 13.0. The Morgan fingerprint density at radius 1 is 1.00 bits per heavy atom. The Bertz CT molecular complexity index is 955. The van der Waals surface area contributed by atoms with Gasteiger partial charge in [0.2, 0.25) is 5.76 Å². The minimum Gasteiger partial charge on any atom is -0.486 e. The van der Waals surface area contributed by atoms with E-state index in [1.807, 2.05) is 62.4 Å². The van der Waals surface area contributed by atoms with Crippen molar-refractivity contribution in [2.45, 2.75) is 27.1 Å². The lowest BCUT2D eigenvalue weighted by atomic mass is 10.1. The van der Waals surface area contributed by atoms with Crippen LogP contribution in [0.1, 0.15) is 39.9 Å². The molecule has 1 N–H and O–H groups in total. The predicted molar refractivity (Wildman–Crippen MR) is 105 cm³/mol. The van der Waals surface area contributed by atoms with Crippen molar-refractivity contribution in [3.05, 3.63) is 88.9 Å². The van der Waals surface area contributed by atoms with Crippen LogP contribution in [0.4, 0.5) is 0 Å². The highest BCUT2D eigenvalue weighted by Crippen LogP contribution is 2.16. The van der Waals surface area contributed by atoms with E-state index in [0.29, 0.717) is 18.1 Å². The van der Waals surface area contributed by atoms with Gasteiger partial charge < -0.3 is 19.1 Å². The number of rotatable bonds is 8. The minimum atomic E-state index is -1.10. The van der Waals surface area contributed by atoms with E-state index < -0.39 is 5.97 Å². The predicted octanol–water partition coefficient (Wildman–Crippen LogP) is 4.81. The summed E-state index contributed by atoms with van der Waals surface area (Å²) in [5.41, 5.74) is 3.95. The summed E-state index contributed by atoms with van der Waals surface area (Å²) in [4.78, 5) is 16.2. The molecule has 144 valence electrons. The van der Waals surface area contributed by atoms with Crippen LogP contribution in [-0.2, 0) is 18.1 Å². The molecule has 0 saturated carbocycles. The van der Waals surface area contributed by atoms with Crippen LogP contribution in [0.2, 0.25) is 0 Å². The minimum absolute atomic E-state index is 0.105. The zero-order chi connectivity index (χ0) is 19.9. The fraction of sp³-hybridized carbons (Fsp3) is 0.182. The number of carboxylic acids is 1. The first-order valence-electron chi connectivity index (χ1n) is 8.78. The summed E-state index contributed by atoms with van der Waals surface area (Å²) < 4.78 is 10.8. The Kier molecular flexibility index (Phi) is 6.11. The average molecular weight is 379 g/mol. The largest absolute Gasteiger partial charge is 0.486 e. The Hall–Kier alpha value is -3.54. The van der Waals surface area contributed by atoms with E-state index in [9.17, 15) is 4.79 Å². The molecule has 3 rings (SSSR count). The number of benzene rings is 2. The second kappa shape index (κ2) is 8.90. The molecular formula is C22H21NO5. The monoisotopic (exact) mass is 379 g/mol. The fourth-order valence-electron chi connectivity index (χ4n) is 2.46. The lowest BCUT2D eigenvalue weighted by molar-refractivity contribution is 0.0658. The number of carboxylic acid groups (broad SMARTS) is 1. The van der Waals surface area contributed by atoms with Gasteiger partial charge in [0.1, 0.15) is 24.7 Å². The lowest BCUT2D eigenvalue weighted by Crippen LogP contribution is -1.98. The molecule has 6 nitrogen and oxygen atoms in total. The first-order valence-corrected chi connectivity index (χ1v) is 8.78. The summed E-state index contributed by atoms with van der Waals surface area (Å²) in [5.74, 6) is -0.115. The molecular weight excluding hydrogens is 358 g/mol. The van der Waals surface area contributed by atoms with Gasteiger partial charge in [0.25, 0.3) is 0 Å². The topological polar surface area (TPSA) is 81.3 Å². The number of oxime groups is 1. The summed E-state index contributed by atoms with van der Waals surface area (Å²) in [7, 11) is 0. The molecule has 0 unspecified atom stereocenters. The molecule has 0 amide bonds. The van der Waals surface area contributed by atoms with Crippen molar-refractivity contribution in [3.8, 4) is 5.75 Å². The Morgan fingerprint density at radius 3 is 2.36 bits per heavy atom. The van der Waals surface area contributed by atoms with Crippen molar-refractivity contribution in [2.75, 3.05) is 0 Å². The third-order valence-corrected chi connectivity index (χ3v) is 4.08. The van der Waals surface area contributed by atoms with Gasteiger partial charge in [0.05, 0.1) is 5.71 Å². The first-order chi connectivity index (χ1) is 13.5. The van der Waals surface area contributed by atoms with Crippen LogP contribution in [-0.4, -0.2) is 16.8 Å². The Morgan fingerprint density at radius 2 is 1.71 bits per heavy atom. The van der Waals surface area contributed by atoms with Crippen molar-refractivity contribution in [3.63, 3.8) is 0 Å². The van der Waals surface area contributed by atoms with Crippen LogP contribution in [0.15, 0.2) is 70.2 Å². The van der Waals surface area contributed by atoms with E-state index in [4.69, 9.17) is 19.1 Å². The highest BCUT2D eigenvalue weighted by Gasteiger charge is 2.09. The van der Waals surface area contributed by atoms with Crippen molar-refractivity contribution < 1.29 is 23.9 Å². The zero-order valence-corrected chi connectivity index (χ0v) is 15.7. The van der Waals surface area contributed by atoms with Gasteiger partial charge in [-0.25, -0.2) is 4.79 Å². The van der Waals surface area contributed by atoms with E-state index >= 15 is 0 Å². The average Bonchev–Trinajstić information content (AvgIpc) is 3.18. The molecule has 0 spiro atoms. The van der Waals surface area contributed by atoms with Gasteiger partial charge in [0.15, 0.2) is 0 Å². The highest BCUT2D eigenvalue weighted by molar-refractivity contribution is 5.98. The maximum Gasteiger partial charge on any atom is 0.371 e. The SMILES string of the molecule is C/C(=N\OCc1ccc(C)cc1)c1ccc(OCc2ccc(C(=O)O)o2)cc1. The second-order valence-corrected chi connectivity index (χ2v) is 6.32. The number of hydrogen-bond donors (Lipinski definition) is 1. The Labute approximate surface area is 163 Å². The van der Waals surface area contributed by atoms with E-state index in [1.165, 1.54) is 11.6 Å². The smallest absolute Gasteiger partial charge is 0.371 e. The molecule has 3 aromatic rings. The van der Waals surface area contributed by atoms with Crippen molar-refractivity contribution in [1.82, 2.24) is 0 Å². The lowest BCUT2D eigenvalue weighted by Gasteiger charge is -2.06. The number of aromatic carboxylic acids is 1. The van der Waals surface area contributed by atoms with Crippen LogP contribution < -0.4 is 4.74 Å². The number of ether oxygens (including phenoxy) is 1. The van der Waals surface area contributed by atoms with Gasteiger partial charge in [-0.15, -0.1) is 0 Å². The van der Waals surface area contributed by atoms with Crippen LogP contribution >= 0.6 is 0 Å². The van der Waals surface area contributed by atoms with Gasteiger partial charge in [-0.3, -0.25) is 0 Å². The molecule has 1 heterocycles. The number of carbonyl (C=O) groups is 1. The first kappa shape index (κ1) is 19.2.